The molecule has 0 saturated heterocycles. The van der Waals surface area contributed by atoms with E-state index in [4.69, 9.17) is 0 Å². The molecule has 0 saturated carbocycles. The molecule has 1 aliphatic rings. The minimum Gasteiger partial charge on any atom is -0.269 e. The smallest absolute Gasteiger partial charge is 0.269 e. The summed E-state index contributed by atoms with van der Waals surface area (Å²) in [5, 5.41) is 4.73. The molecule has 1 aliphatic heterocycles. The van der Waals surface area contributed by atoms with Crippen LogP contribution in [0, 0.1) is 6.92 Å². The molecule has 30 heavy (non-hydrogen) atoms. The van der Waals surface area contributed by atoms with E-state index in [1.54, 1.807) is 35.9 Å². The van der Waals surface area contributed by atoms with Gasteiger partial charge in [-0.2, -0.15) is 5.10 Å². The van der Waals surface area contributed by atoms with Gasteiger partial charge in [0.05, 0.1) is 23.3 Å². The summed E-state index contributed by atoms with van der Waals surface area (Å²) in [6.45, 7) is 1.74. The molecule has 8 nitrogen and oxygen atoms in total. The molecule has 0 radical (unpaired) electrons. The molecule has 0 N–H and O–H groups in total. The Balaban J connectivity index is 1.59. The zero-order chi connectivity index (χ0) is 20.8. The van der Waals surface area contributed by atoms with Crippen molar-refractivity contribution < 1.29 is 9.59 Å². The van der Waals surface area contributed by atoms with E-state index in [-0.39, 0.29) is 5.56 Å². The molecule has 4 aromatic rings. The molecule has 2 aromatic carbocycles. The number of anilines is 1. The number of fused-ring (bicyclic) bond motifs is 1. The van der Waals surface area contributed by atoms with E-state index in [9.17, 15) is 14.4 Å². The van der Waals surface area contributed by atoms with Gasteiger partial charge in [0.1, 0.15) is 11.2 Å². The van der Waals surface area contributed by atoms with Gasteiger partial charge in [-0.25, -0.2) is 14.6 Å². The fraction of sp³-hybridized carbons (Fsp3) is 0.0455. The average Bonchev–Trinajstić information content (AvgIpc) is 3.32. The topological polar surface area (TPSA) is 90.1 Å². The third-order valence-electron chi connectivity index (χ3n) is 4.94. The summed E-state index contributed by atoms with van der Waals surface area (Å²) in [5.74, 6) is -0.289. The van der Waals surface area contributed by atoms with Gasteiger partial charge in [-0.1, -0.05) is 18.2 Å². The van der Waals surface area contributed by atoms with Gasteiger partial charge in [0, 0.05) is 12.2 Å². The first-order valence-electron chi connectivity index (χ1n) is 9.24. The molecule has 0 atom stereocenters. The van der Waals surface area contributed by atoms with Gasteiger partial charge >= 0.3 is 0 Å². The summed E-state index contributed by atoms with van der Waals surface area (Å²) in [7, 11) is 0. The third-order valence-corrected chi connectivity index (χ3v) is 4.94. The highest BCUT2D eigenvalue weighted by Crippen LogP contribution is 2.22. The monoisotopic (exact) mass is 397 g/mol. The SMILES string of the molecule is Cc1nc2c(cnn2-c2ccccc2)c(=O)n1-c1ccc(N2C(=O)C=CC2=O)cc1. The van der Waals surface area contributed by atoms with E-state index in [1.807, 2.05) is 30.3 Å². The molecule has 2 aromatic heterocycles. The number of benzene rings is 2. The molecule has 8 heteroatoms. The number of carbonyl (C=O) groups is 2. The Morgan fingerprint density at radius 3 is 2.07 bits per heavy atom. The highest BCUT2D eigenvalue weighted by Gasteiger charge is 2.25. The lowest BCUT2D eigenvalue weighted by Crippen LogP contribution is -2.29. The van der Waals surface area contributed by atoms with Gasteiger partial charge in [-0.15, -0.1) is 0 Å². The number of amides is 2. The maximum absolute atomic E-state index is 13.2. The van der Waals surface area contributed by atoms with Crippen molar-refractivity contribution in [2.45, 2.75) is 6.92 Å². The summed E-state index contributed by atoms with van der Waals surface area (Å²) in [6, 6.07) is 16.1. The van der Waals surface area contributed by atoms with E-state index in [0.29, 0.717) is 28.2 Å². The standard InChI is InChI=1S/C22H15N5O3/c1-14-24-21-18(13-23-27(21)17-5-3-2-4-6-17)22(30)25(14)15-7-9-16(10-8-15)26-19(28)11-12-20(26)29/h2-13H,1H3. The van der Waals surface area contributed by atoms with Gasteiger partial charge < -0.3 is 0 Å². The average molecular weight is 397 g/mol. The lowest BCUT2D eigenvalue weighted by molar-refractivity contribution is -0.119. The highest BCUT2D eigenvalue weighted by atomic mass is 16.2. The molecule has 0 fully saturated rings. The number of aromatic nitrogens is 4. The first-order chi connectivity index (χ1) is 14.5. The van der Waals surface area contributed by atoms with Crippen LogP contribution >= 0.6 is 0 Å². The Labute approximate surface area is 170 Å². The fourth-order valence-electron chi connectivity index (χ4n) is 3.54. The summed E-state index contributed by atoms with van der Waals surface area (Å²) in [5.41, 5.74) is 2.07. The van der Waals surface area contributed by atoms with Crippen molar-refractivity contribution in [3.05, 3.63) is 89.1 Å². The lowest BCUT2D eigenvalue weighted by Gasteiger charge is -2.15. The summed E-state index contributed by atoms with van der Waals surface area (Å²) < 4.78 is 3.11. The van der Waals surface area contributed by atoms with Gasteiger partial charge in [-0.05, 0) is 43.3 Å². The Morgan fingerprint density at radius 2 is 1.40 bits per heavy atom. The Morgan fingerprint density at radius 1 is 0.767 bits per heavy atom. The van der Waals surface area contributed by atoms with E-state index in [2.05, 4.69) is 10.1 Å². The molecule has 0 aliphatic carbocycles. The second-order valence-electron chi connectivity index (χ2n) is 6.79. The molecule has 0 spiro atoms. The molecule has 0 unspecified atom stereocenters. The molecular weight excluding hydrogens is 382 g/mol. The van der Waals surface area contributed by atoms with E-state index >= 15 is 0 Å². The van der Waals surface area contributed by atoms with Crippen molar-refractivity contribution >= 4 is 28.5 Å². The number of imide groups is 1. The van der Waals surface area contributed by atoms with Crippen LogP contribution in [0.2, 0.25) is 0 Å². The molecule has 0 bridgehead atoms. The van der Waals surface area contributed by atoms with Crippen LogP contribution in [0.3, 0.4) is 0 Å². The molecule has 146 valence electrons. The van der Waals surface area contributed by atoms with E-state index < -0.39 is 11.8 Å². The van der Waals surface area contributed by atoms with Crippen LogP contribution in [0.5, 0.6) is 0 Å². The summed E-state index contributed by atoms with van der Waals surface area (Å²) in [4.78, 5) is 42.6. The predicted octanol–water partition coefficient (Wildman–Crippen LogP) is 2.31. The molecule has 2 amide bonds. The van der Waals surface area contributed by atoms with Gasteiger partial charge in [0.15, 0.2) is 5.65 Å². The van der Waals surface area contributed by atoms with Crippen molar-refractivity contribution in [1.82, 2.24) is 19.3 Å². The normalized spacial score (nSPS) is 13.6. The third kappa shape index (κ3) is 2.66. The van der Waals surface area contributed by atoms with E-state index in [0.717, 1.165) is 10.6 Å². The van der Waals surface area contributed by atoms with Crippen LogP contribution in [0.25, 0.3) is 22.4 Å². The van der Waals surface area contributed by atoms with Crippen LogP contribution in [0.1, 0.15) is 5.82 Å². The van der Waals surface area contributed by atoms with Crippen LogP contribution in [0.4, 0.5) is 5.69 Å². The minimum atomic E-state index is -0.391. The second kappa shape index (κ2) is 6.63. The van der Waals surface area contributed by atoms with Crippen molar-refractivity contribution in [2.24, 2.45) is 0 Å². The summed E-state index contributed by atoms with van der Waals surface area (Å²) in [6.07, 6.45) is 3.97. The van der Waals surface area contributed by atoms with Crippen molar-refractivity contribution in [3.63, 3.8) is 0 Å². The zero-order valence-corrected chi connectivity index (χ0v) is 15.9. The number of hydrogen-bond donors (Lipinski definition) is 0. The lowest BCUT2D eigenvalue weighted by atomic mass is 10.2. The Hall–Kier alpha value is -4.33. The number of para-hydroxylation sites is 1. The van der Waals surface area contributed by atoms with Crippen molar-refractivity contribution in [2.75, 3.05) is 4.90 Å². The van der Waals surface area contributed by atoms with Crippen molar-refractivity contribution in [3.8, 4) is 11.4 Å². The van der Waals surface area contributed by atoms with Crippen LogP contribution < -0.4 is 10.5 Å². The van der Waals surface area contributed by atoms with Gasteiger partial charge in [-0.3, -0.25) is 19.0 Å². The first-order valence-corrected chi connectivity index (χ1v) is 9.24. The first kappa shape index (κ1) is 17.7. The Kier molecular flexibility index (Phi) is 3.92. The zero-order valence-electron chi connectivity index (χ0n) is 15.9. The Bertz CT molecular complexity index is 1380. The molecule has 5 rings (SSSR count). The van der Waals surface area contributed by atoms with Crippen LogP contribution in [0.15, 0.2) is 77.7 Å². The highest BCUT2D eigenvalue weighted by molar-refractivity contribution is 6.28. The van der Waals surface area contributed by atoms with Gasteiger partial charge in [0.2, 0.25) is 0 Å². The minimum absolute atomic E-state index is 0.248. The molecular formula is C22H15N5O3. The summed E-state index contributed by atoms with van der Waals surface area (Å²) >= 11 is 0. The maximum Gasteiger partial charge on any atom is 0.269 e. The quantitative estimate of drug-likeness (QED) is 0.495. The van der Waals surface area contributed by atoms with Crippen molar-refractivity contribution in [1.29, 1.82) is 0 Å². The number of aryl methyl sites for hydroxylation is 1. The van der Waals surface area contributed by atoms with Gasteiger partial charge in [0.25, 0.3) is 17.4 Å². The van der Waals surface area contributed by atoms with Crippen LogP contribution in [-0.4, -0.2) is 31.1 Å². The van der Waals surface area contributed by atoms with Crippen LogP contribution in [-0.2, 0) is 9.59 Å². The number of carbonyl (C=O) groups excluding carboxylic acids is 2. The number of hydrogen-bond acceptors (Lipinski definition) is 5. The second-order valence-corrected chi connectivity index (χ2v) is 6.79. The van der Waals surface area contributed by atoms with E-state index in [1.165, 1.54) is 22.9 Å². The maximum atomic E-state index is 13.2. The largest absolute Gasteiger partial charge is 0.269 e. The predicted molar refractivity (Wildman–Crippen MR) is 111 cm³/mol. The number of rotatable bonds is 3. The molecule has 3 heterocycles. The fourth-order valence-corrected chi connectivity index (χ4v) is 3.54. The number of nitrogens with zero attached hydrogens (tertiary/aromatic N) is 5.